The summed E-state index contributed by atoms with van der Waals surface area (Å²) in [6.45, 7) is 6.60. The normalized spacial score (nSPS) is 27.6. The third-order valence-electron chi connectivity index (χ3n) is 5.10. The maximum atomic E-state index is 12.2. The molecule has 2 heteroatoms. The first-order valence-corrected chi connectivity index (χ1v) is 7.27. The zero-order chi connectivity index (χ0) is 13.4. The van der Waals surface area contributed by atoms with E-state index in [1.165, 1.54) is 12.5 Å². The van der Waals surface area contributed by atoms with Crippen LogP contribution in [0.15, 0.2) is 11.8 Å². The standard InChI is InChI=1S/C16H26O2/c1-15(2)9-5-12(6-10-15)13(17)11-14(18)16(3)7-4-8-16/h11-12,18H,4-10H2,1-3H3. The minimum absolute atomic E-state index is 0.108. The van der Waals surface area contributed by atoms with Gasteiger partial charge in [-0.05, 0) is 43.9 Å². The van der Waals surface area contributed by atoms with Gasteiger partial charge in [0.25, 0.3) is 0 Å². The molecule has 2 nitrogen and oxygen atoms in total. The van der Waals surface area contributed by atoms with E-state index < -0.39 is 0 Å². The van der Waals surface area contributed by atoms with Gasteiger partial charge in [-0.1, -0.05) is 27.2 Å². The smallest absolute Gasteiger partial charge is 0.162 e. The molecule has 0 spiro atoms. The van der Waals surface area contributed by atoms with Crippen LogP contribution >= 0.6 is 0 Å². The molecule has 0 bridgehead atoms. The van der Waals surface area contributed by atoms with E-state index in [0.29, 0.717) is 11.2 Å². The van der Waals surface area contributed by atoms with Crippen LogP contribution in [0.5, 0.6) is 0 Å². The van der Waals surface area contributed by atoms with Gasteiger partial charge in [0.15, 0.2) is 5.78 Å². The van der Waals surface area contributed by atoms with E-state index in [1.807, 2.05) is 0 Å². The second kappa shape index (κ2) is 4.71. The summed E-state index contributed by atoms with van der Waals surface area (Å²) in [5.41, 5.74) is 0.284. The zero-order valence-electron chi connectivity index (χ0n) is 12.0. The summed E-state index contributed by atoms with van der Waals surface area (Å²) in [5, 5.41) is 10.1. The van der Waals surface area contributed by atoms with Gasteiger partial charge in [0.2, 0.25) is 0 Å². The molecular weight excluding hydrogens is 224 g/mol. The Morgan fingerprint density at radius 1 is 1.11 bits per heavy atom. The van der Waals surface area contributed by atoms with Gasteiger partial charge >= 0.3 is 0 Å². The minimum atomic E-state index is -0.108. The molecule has 0 heterocycles. The zero-order valence-corrected chi connectivity index (χ0v) is 12.0. The van der Waals surface area contributed by atoms with Crippen molar-refractivity contribution in [2.24, 2.45) is 16.7 Å². The second-order valence-corrected chi connectivity index (χ2v) is 7.28. The van der Waals surface area contributed by atoms with Crippen molar-refractivity contribution in [1.29, 1.82) is 0 Å². The third-order valence-corrected chi connectivity index (χ3v) is 5.10. The number of aliphatic hydroxyl groups excluding tert-OH is 1. The Morgan fingerprint density at radius 2 is 1.67 bits per heavy atom. The molecule has 0 aliphatic heterocycles. The summed E-state index contributed by atoms with van der Waals surface area (Å²) in [6.07, 6.45) is 8.92. The Bertz CT molecular complexity index is 351. The van der Waals surface area contributed by atoms with Crippen molar-refractivity contribution in [1.82, 2.24) is 0 Å². The van der Waals surface area contributed by atoms with Crippen molar-refractivity contribution in [3.05, 3.63) is 11.8 Å². The summed E-state index contributed by atoms with van der Waals surface area (Å²) in [7, 11) is 0. The van der Waals surface area contributed by atoms with Gasteiger partial charge in [-0.15, -0.1) is 0 Å². The minimum Gasteiger partial charge on any atom is -0.512 e. The Kier molecular flexibility index (Phi) is 3.57. The maximum absolute atomic E-state index is 12.2. The van der Waals surface area contributed by atoms with Gasteiger partial charge in [0, 0.05) is 17.4 Å². The molecule has 2 aliphatic carbocycles. The number of hydrogen-bond acceptors (Lipinski definition) is 2. The Labute approximate surface area is 110 Å². The van der Waals surface area contributed by atoms with Crippen molar-refractivity contribution in [3.8, 4) is 0 Å². The summed E-state index contributed by atoms with van der Waals surface area (Å²) in [5.74, 6) is 0.614. The van der Waals surface area contributed by atoms with Gasteiger partial charge in [-0.25, -0.2) is 0 Å². The molecular formula is C16H26O2. The molecule has 0 aromatic heterocycles. The highest BCUT2D eigenvalue weighted by atomic mass is 16.3. The number of ketones is 1. The first kappa shape index (κ1) is 13.6. The molecule has 0 aromatic carbocycles. The molecule has 18 heavy (non-hydrogen) atoms. The highest BCUT2D eigenvalue weighted by molar-refractivity contribution is 5.92. The van der Waals surface area contributed by atoms with E-state index in [1.54, 1.807) is 0 Å². The van der Waals surface area contributed by atoms with Crippen molar-refractivity contribution < 1.29 is 9.90 Å². The lowest BCUT2D eigenvalue weighted by molar-refractivity contribution is -0.120. The van der Waals surface area contributed by atoms with Crippen molar-refractivity contribution in [3.63, 3.8) is 0 Å². The number of rotatable bonds is 3. The lowest BCUT2D eigenvalue weighted by Crippen LogP contribution is -2.30. The summed E-state index contributed by atoms with van der Waals surface area (Å²) >= 11 is 0. The quantitative estimate of drug-likeness (QED) is 0.595. The lowest BCUT2D eigenvalue weighted by Gasteiger charge is -2.38. The van der Waals surface area contributed by atoms with E-state index in [-0.39, 0.29) is 17.1 Å². The van der Waals surface area contributed by atoms with Crippen molar-refractivity contribution in [2.75, 3.05) is 0 Å². The number of hydrogen-bond donors (Lipinski definition) is 1. The van der Waals surface area contributed by atoms with Crippen LogP contribution in [-0.2, 0) is 4.79 Å². The van der Waals surface area contributed by atoms with E-state index in [2.05, 4.69) is 20.8 Å². The van der Waals surface area contributed by atoms with E-state index >= 15 is 0 Å². The van der Waals surface area contributed by atoms with Crippen LogP contribution in [-0.4, -0.2) is 10.9 Å². The topological polar surface area (TPSA) is 37.3 Å². The van der Waals surface area contributed by atoms with E-state index in [4.69, 9.17) is 0 Å². The fourth-order valence-electron chi connectivity index (χ4n) is 3.07. The average Bonchev–Trinajstić information content (AvgIpc) is 2.25. The Hall–Kier alpha value is -0.790. The summed E-state index contributed by atoms with van der Waals surface area (Å²) in [6, 6.07) is 0. The molecule has 2 aliphatic rings. The molecule has 0 saturated heterocycles. The SMILES string of the molecule is CC1(C)CCC(C(=O)C=C(O)C2(C)CCC2)CC1. The molecule has 102 valence electrons. The molecule has 0 amide bonds. The molecule has 2 fully saturated rings. The fourth-order valence-corrected chi connectivity index (χ4v) is 3.07. The first-order valence-electron chi connectivity index (χ1n) is 7.27. The van der Waals surface area contributed by atoms with Crippen LogP contribution < -0.4 is 0 Å². The number of carbonyl (C=O) groups excluding carboxylic acids is 1. The number of carbonyl (C=O) groups is 1. The Morgan fingerprint density at radius 3 is 2.11 bits per heavy atom. The summed E-state index contributed by atoms with van der Waals surface area (Å²) in [4.78, 5) is 12.2. The summed E-state index contributed by atoms with van der Waals surface area (Å²) < 4.78 is 0. The molecule has 0 radical (unpaired) electrons. The maximum Gasteiger partial charge on any atom is 0.162 e. The van der Waals surface area contributed by atoms with Crippen molar-refractivity contribution in [2.45, 2.75) is 65.7 Å². The molecule has 0 atom stereocenters. The van der Waals surface area contributed by atoms with Crippen LogP contribution in [0, 0.1) is 16.7 Å². The second-order valence-electron chi connectivity index (χ2n) is 7.28. The van der Waals surface area contributed by atoms with Crippen LogP contribution in [0.4, 0.5) is 0 Å². The lowest BCUT2D eigenvalue weighted by atomic mass is 9.68. The fraction of sp³-hybridized carbons (Fsp3) is 0.812. The van der Waals surface area contributed by atoms with Gasteiger partial charge in [0.1, 0.15) is 5.76 Å². The van der Waals surface area contributed by atoms with Gasteiger partial charge in [-0.2, -0.15) is 0 Å². The van der Waals surface area contributed by atoms with Crippen LogP contribution in [0.2, 0.25) is 0 Å². The molecule has 2 saturated carbocycles. The molecule has 1 N–H and O–H groups in total. The van der Waals surface area contributed by atoms with Crippen LogP contribution in [0.3, 0.4) is 0 Å². The van der Waals surface area contributed by atoms with Gasteiger partial charge in [-0.3, -0.25) is 4.79 Å². The first-order chi connectivity index (χ1) is 8.32. The van der Waals surface area contributed by atoms with Crippen LogP contribution in [0.1, 0.15) is 65.7 Å². The predicted molar refractivity (Wildman–Crippen MR) is 73.4 cm³/mol. The van der Waals surface area contributed by atoms with E-state index in [0.717, 1.165) is 38.5 Å². The predicted octanol–water partition coefficient (Wildman–Crippen LogP) is 4.40. The van der Waals surface area contributed by atoms with E-state index in [9.17, 15) is 9.90 Å². The molecule has 2 rings (SSSR count). The molecule has 0 aromatic rings. The van der Waals surface area contributed by atoms with Gasteiger partial charge in [0.05, 0.1) is 0 Å². The largest absolute Gasteiger partial charge is 0.512 e. The number of allylic oxidation sites excluding steroid dienone is 2. The molecule has 0 unspecified atom stereocenters. The van der Waals surface area contributed by atoms with Crippen LogP contribution in [0.25, 0.3) is 0 Å². The number of aliphatic hydroxyl groups is 1. The van der Waals surface area contributed by atoms with Gasteiger partial charge < -0.3 is 5.11 Å². The third kappa shape index (κ3) is 2.78. The average molecular weight is 250 g/mol. The van der Waals surface area contributed by atoms with Crippen molar-refractivity contribution >= 4 is 5.78 Å². The Balaban J connectivity index is 1.94. The monoisotopic (exact) mass is 250 g/mol. The highest BCUT2D eigenvalue weighted by Crippen LogP contribution is 2.45. The highest BCUT2D eigenvalue weighted by Gasteiger charge is 2.37.